The monoisotopic (exact) mass is 261 g/mol. The van der Waals surface area contributed by atoms with Crippen LogP contribution in [0.4, 0.5) is 0 Å². The predicted molar refractivity (Wildman–Crippen MR) is 75.3 cm³/mol. The van der Waals surface area contributed by atoms with E-state index in [0.717, 1.165) is 5.56 Å². The number of ether oxygens (including phenoxy) is 1. The molecule has 0 spiro atoms. The van der Waals surface area contributed by atoms with E-state index >= 15 is 0 Å². The van der Waals surface area contributed by atoms with Gasteiger partial charge in [0.1, 0.15) is 5.75 Å². The van der Waals surface area contributed by atoms with Crippen molar-refractivity contribution in [2.24, 2.45) is 10.9 Å². The molecular weight excluding hydrogens is 242 g/mol. The summed E-state index contributed by atoms with van der Waals surface area (Å²) >= 11 is 0. The molecule has 0 bridgehead atoms. The van der Waals surface area contributed by atoms with E-state index in [2.05, 4.69) is 16.4 Å². The van der Waals surface area contributed by atoms with Crippen molar-refractivity contribution in [1.29, 1.82) is 0 Å². The number of methoxy groups -OCH3 is 1. The zero-order valence-electron chi connectivity index (χ0n) is 11.4. The van der Waals surface area contributed by atoms with Gasteiger partial charge in [-0.1, -0.05) is 17.1 Å². The van der Waals surface area contributed by atoms with Gasteiger partial charge in [-0.25, -0.2) is 0 Å². The summed E-state index contributed by atoms with van der Waals surface area (Å²) in [6.07, 6.45) is 5.41. The normalized spacial score (nSPS) is 12.0. The summed E-state index contributed by atoms with van der Waals surface area (Å²) < 4.78 is 5.23. The first-order chi connectivity index (χ1) is 8.93. The maximum absolute atomic E-state index is 8.69. The van der Waals surface area contributed by atoms with Crippen LogP contribution in [0.25, 0.3) is 0 Å². The highest BCUT2D eigenvalue weighted by Gasteiger charge is 2.13. The number of nitrogens with zero attached hydrogens (tertiary/aromatic N) is 1. The lowest BCUT2D eigenvalue weighted by Gasteiger charge is -2.20. The number of amidine groups is 1. The van der Waals surface area contributed by atoms with E-state index < -0.39 is 0 Å². The lowest BCUT2D eigenvalue weighted by molar-refractivity contribution is 0.318. The van der Waals surface area contributed by atoms with Gasteiger partial charge < -0.3 is 15.7 Å². The fourth-order valence-corrected chi connectivity index (χ4v) is 1.49. The second kappa shape index (κ2) is 6.12. The molecule has 0 aromatic heterocycles. The van der Waals surface area contributed by atoms with Crippen molar-refractivity contribution in [3.05, 3.63) is 29.3 Å². The molecule has 0 aliphatic carbocycles. The lowest BCUT2D eigenvalue weighted by atomic mass is 10.1. The van der Waals surface area contributed by atoms with Crippen molar-refractivity contribution in [1.82, 2.24) is 5.32 Å². The van der Waals surface area contributed by atoms with Gasteiger partial charge in [-0.2, -0.15) is 0 Å². The molecule has 0 aliphatic rings. The molecule has 0 heterocycles. The first-order valence-corrected chi connectivity index (χ1v) is 5.81. The molecule has 0 radical (unpaired) electrons. The third-order valence-corrected chi connectivity index (χ3v) is 2.74. The van der Waals surface area contributed by atoms with E-state index in [1.165, 1.54) is 7.11 Å². The summed E-state index contributed by atoms with van der Waals surface area (Å²) in [5.41, 5.74) is 6.73. The van der Waals surface area contributed by atoms with Gasteiger partial charge in [0.15, 0.2) is 5.84 Å². The Balaban J connectivity index is 2.93. The quantitative estimate of drug-likeness (QED) is 0.245. The summed E-state index contributed by atoms with van der Waals surface area (Å²) in [4.78, 5) is 0. The molecule has 4 N–H and O–H groups in total. The molecule has 5 nitrogen and oxygen atoms in total. The number of oxime groups is 1. The second-order valence-corrected chi connectivity index (χ2v) is 4.64. The van der Waals surface area contributed by atoms with Crippen LogP contribution in [0.3, 0.4) is 0 Å². The maximum Gasteiger partial charge on any atom is 0.173 e. The molecule has 1 aromatic carbocycles. The maximum atomic E-state index is 8.69. The number of hydrogen-bond donors (Lipinski definition) is 3. The standard InChI is InChI=1S/C14H19N3O2/c1-5-14(2,3)16-9-10-6-7-11(13(15)17-18)12(8-10)19-4/h1,6-8,16,18H,9H2,2-4H3,(H2,15,17). The largest absolute Gasteiger partial charge is 0.496 e. The number of nitrogens with two attached hydrogens (primary N) is 1. The molecule has 0 amide bonds. The van der Waals surface area contributed by atoms with Crippen LogP contribution in [0.2, 0.25) is 0 Å². The Morgan fingerprint density at radius 2 is 2.26 bits per heavy atom. The average molecular weight is 261 g/mol. The number of benzene rings is 1. The number of rotatable bonds is 5. The summed E-state index contributed by atoms with van der Waals surface area (Å²) in [5, 5.41) is 14.9. The smallest absolute Gasteiger partial charge is 0.173 e. The highest BCUT2D eigenvalue weighted by atomic mass is 16.5. The average Bonchev–Trinajstić information content (AvgIpc) is 2.44. The van der Waals surface area contributed by atoms with Gasteiger partial charge in [0, 0.05) is 6.54 Å². The van der Waals surface area contributed by atoms with Crippen molar-refractivity contribution in [2.45, 2.75) is 25.9 Å². The summed E-state index contributed by atoms with van der Waals surface area (Å²) in [5.74, 6) is 3.23. The first kappa shape index (κ1) is 14.9. The Kier molecular flexibility index (Phi) is 4.79. The summed E-state index contributed by atoms with van der Waals surface area (Å²) in [6.45, 7) is 4.45. The topological polar surface area (TPSA) is 79.9 Å². The number of hydrogen-bond acceptors (Lipinski definition) is 4. The Morgan fingerprint density at radius 1 is 1.58 bits per heavy atom. The van der Waals surface area contributed by atoms with E-state index in [-0.39, 0.29) is 11.4 Å². The predicted octanol–water partition coefficient (Wildman–Crippen LogP) is 1.29. The zero-order chi connectivity index (χ0) is 14.5. The van der Waals surface area contributed by atoms with Crippen LogP contribution in [0, 0.1) is 12.3 Å². The van der Waals surface area contributed by atoms with E-state index in [4.69, 9.17) is 22.1 Å². The third kappa shape index (κ3) is 3.90. The molecule has 0 fully saturated rings. The molecule has 0 saturated carbocycles. The molecule has 0 atom stereocenters. The Hall–Kier alpha value is -2.19. The minimum Gasteiger partial charge on any atom is -0.496 e. The molecule has 0 aliphatic heterocycles. The molecule has 1 aromatic rings. The number of terminal acetylenes is 1. The molecular formula is C14H19N3O2. The van der Waals surface area contributed by atoms with Crippen LogP contribution in [0.1, 0.15) is 25.0 Å². The SMILES string of the molecule is C#CC(C)(C)NCc1ccc(/C(N)=N/O)c(OC)c1. The highest BCUT2D eigenvalue weighted by Crippen LogP contribution is 2.20. The summed E-state index contributed by atoms with van der Waals surface area (Å²) in [7, 11) is 1.53. The second-order valence-electron chi connectivity index (χ2n) is 4.64. The van der Waals surface area contributed by atoms with E-state index in [9.17, 15) is 0 Å². The fraction of sp³-hybridized carbons (Fsp3) is 0.357. The van der Waals surface area contributed by atoms with E-state index in [1.807, 2.05) is 26.0 Å². The third-order valence-electron chi connectivity index (χ3n) is 2.74. The van der Waals surface area contributed by atoms with Crippen LogP contribution in [-0.2, 0) is 6.54 Å². The van der Waals surface area contributed by atoms with Crippen molar-refractivity contribution < 1.29 is 9.94 Å². The molecule has 1 rings (SSSR count). The van der Waals surface area contributed by atoms with Crippen LogP contribution < -0.4 is 15.8 Å². The van der Waals surface area contributed by atoms with Gasteiger partial charge in [0.05, 0.1) is 18.2 Å². The highest BCUT2D eigenvalue weighted by molar-refractivity contribution is 5.99. The van der Waals surface area contributed by atoms with Crippen molar-refractivity contribution in [3.8, 4) is 18.1 Å². The van der Waals surface area contributed by atoms with Gasteiger partial charge in [0.2, 0.25) is 0 Å². The van der Waals surface area contributed by atoms with Crippen LogP contribution in [0.15, 0.2) is 23.4 Å². The fourth-order valence-electron chi connectivity index (χ4n) is 1.49. The minimum absolute atomic E-state index is 0.0142. The Labute approximate surface area is 113 Å². The number of nitrogens with one attached hydrogen (secondary N) is 1. The van der Waals surface area contributed by atoms with E-state index in [0.29, 0.717) is 17.9 Å². The van der Waals surface area contributed by atoms with Gasteiger partial charge in [-0.15, -0.1) is 6.42 Å². The summed E-state index contributed by atoms with van der Waals surface area (Å²) in [6, 6.07) is 5.44. The zero-order valence-corrected chi connectivity index (χ0v) is 11.4. The molecule has 19 heavy (non-hydrogen) atoms. The first-order valence-electron chi connectivity index (χ1n) is 5.81. The van der Waals surface area contributed by atoms with Gasteiger partial charge >= 0.3 is 0 Å². The van der Waals surface area contributed by atoms with Crippen LogP contribution >= 0.6 is 0 Å². The van der Waals surface area contributed by atoms with E-state index in [1.54, 1.807) is 6.07 Å². The lowest BCUT2D eigenvalue weighted by Crippen LogP contribution is -2.36. The van der Waals surface area contributed by atoms with Gasteiger partial charge in [-0.3, -0.25) is 5.32 Å². The van der Waals surface area contributed by atoms with Crippen molar-refractivity contribution >= 4 is 5.84 Å². The molecule has 5 heteroatoms. The van der Waals surface area contributed by atoms with Crippen LogP contribution in [0.5, 0.6) is 5.75 Å². The van der Waals surface area contributed by atoms with Gasteiger partial charge in [-0.05, 0) is 31.5 Å². The molecule has 0 saturated heterocycles. The van der Waals surface area contributed by atoms with Crippen molar-refractivity contribution in [2.75, 3.05) is 7.11 Å². The Bertz CT molecular complexity index is 516. The Morgan fingerprint density at radius 3 is 2.79 bits per heavy atom. The van der Waals surface area contributed by atoms with Gasteiger partial charge in [0.25, 0.3) is 0 Å². The molecule has 102 valence electrons. The minimum atomic E-state index is -0.377. The van der Waals surface area contributed by atoms with Crippen molar-refractivity contribution in [3.63, 3.8) is 0 Å². The molecule has 0 unspecified atom stereocenters. The van der Waals surface area contributed by atoms with Crippen LogP contribution in [-0.4, -0.2) is 23.7 Å².